The highest BCUT2D eigenvalue weighted by atomic mass is 16.5. The van der Waals surface area contributed by atoms with E-state index >= 15 is 0 Å². The molecule has 2 aromatic rings. The molecule has 5 heteroatoms. The van der Waals surface area contributed by atoms with Crippen LogP contribution in [0.3, 0.4) is 0 Å². The Labute approximate surface area is 111 Å². The maximum atomic E-state index is 11.1. The van der Waals surface area contributed by atoms with Gasteiger partial charge in [0.05, 0.1) is 24.1 Å². The number of ether oxygens (including phenoxy) is 1. The number of pyridine rings is 1. The van der Waals surface area contributed by atoms with Gasteiger partial charge in [-0.05, 0) is 32.9 Å². The molecule has 5 nitrogen and oxygen atoms in total. The zero-order valence-corrected chi connectivity index (χ0v) is 11.2. The molecule has 2 aromatic heterocycles. The van der Waals surface area contributed by atoms with Crippen LogP contribution in [0.25, 0.3) is 5.69 Å². The summed E-state index contributed by atoms with van der Waals surface area (Å²) in [7, 11) is 0. The Kier molecular flexibility index (Phi) is 3.55. The van der Waals surface area contributed by atoms with E-state index in [-0.39, 0.29) is 0 Å². The van der Waals surface area contributed by atoms with E-state index in [1.54, 1.807) is 25.3 Å². The van der Waals surface area contributed by atoms with Crippen LogP contribution in [0.4, 0.5) is 0 Å². The van der Waals surface area contributed by atoms with Gasteiger partial charge in [0.2, 0.25) is 5.88 Å². The molecule has 0 atom stereocenters. The SMILES string of the molecule is CCOc1ccc(-n2c(C)cc(C(=O)O)c2C)cn1. The van der Waals surface area contributed by atoms with E-state index in [1.807, 2.05) is 24.5 Å². The first-order valence-electron chi connectivity index (χ1n) is 6.06. The van der Waals surface area contributed by atoms with Crippen LogP contribution in [-0.4, -0.2) is 27.2 Å². The molecule has 0 saturated heterocycles. The Morgan fingerprint density at radius 1 is 1.42 bits per heavy atom. The normalized spacial score (nSPS) is 10.5. The summed E-state index contributed by atoms with van der Waals surface area (Å²) in [5, 5.41) is 9.12. The molecular weight excluding hydrogens is 244 g/mol. The highest BCUT2D eigenvalue weighted by molar-refractivity contribution is 5.89. The summed E-state index contributed by atoms with van der Waals surface area (Å²) >= 11 is 0. The van der Waals surface area contributed by atoms with E-state index in [0.717, 1.165) is 11.4 Å². The molecule has 100 valence electrons. The zero-order chi connectivity index (χ0) is 14.0. The Hall–Kier alpha value is -2.30. The van der Waals surface area contributed by atoms with Crippen molar-refractivity contribution in [3.05, 3.63) is 41.3 Å². The van der Waals surface area contributed by atoms with Gasteiger partial charge >= 0.3 is 5.97 Å². The van der Waals surface area contributed by atoms with Gasteiger partial charge in [-0.3, -0.25) is 0 Å². The van der Waals surface area contributed by atoms with Crippen LogP contribution in [0.5, 0.6) is 5.88 Å². The second-order valence-corrected chi connectivity index (χ2v) is 4.21. The summed E-state index contributed by atoms with van der Waals surface area (Å²) in [6, 6.07) is 5.30. The molecule has 19 heavy (non-hydrogen) atoms. The minimum atomic E-state index is -0.918. The zero-order valence-electron chi connectivity index (χ0n) is 11.2. The van der Waals surface area contributed by atoms with Gasteiger partial charge in [0.15, 0.2) is 0 Å². The average Bonchev–Trinajstić information content (AvgIpc) is 2.67. The van der Waals surface area contributed by atoms with Gasteiger partial charge in [-0.15, -0.1) is 0 Å². The fourth-order valence-electron chi connectivity index (χ4n) is 2.11. The van der Waals surface area contributed by atoms with Crippen LogP contribution < -0.4 is 4.74 Å². The van der Waals surface area contributed by atoms with Crippen molar-refractivity contribution in [3.8, 4) is 11.6 Å². The van der Waals surface area contributed by atoms with Crippen LogP contribution in [0.15, 0.2) is 24.4 Å². The third-order valence-corrected chi connectivity index (χ3v) is 2.93. The van der Waals surface area contributed by atoms with Gasteiger partial charge in [-0.25, -0.2) is 9.78 Å². The van der Waals surface area contributed by atoms with Crippen molar-refractivity contribution in [3.63, 3.8) is 0 Å². The molecule has 0 aromatic carbocycles. The van der Waals surface area contributed by atoms with Crippen molar-refractivity contribution in [2.45, 2.75) is 20.8 Å². The molecule has 0 amide bonds. The molecule has 0 radical (unpaired) electrons. The third-order valence-electron chi connectivity index (χ3n) is 2.93. The number of carboxylic acid groups (broad SMARTS) is 1. The van der Waals surface area contributed by atoms with Crippen molar-refractivity contribution >= 4 is 5.97 Å². The van der Waals surface area contributed by atoms with Crippen LogP contribution in [-0.2, 0) is 0 Å². The summed E-state index contributed by atoms with van der Waals surface area (Å²) in [6.07, 6.45) is 1.68. The quantitative estimate of drug-likeness (QED) is 0.917. The number of aromatic nitrogens is 2. The van der Waals surface area contributed by atoms with E-state index in [4.69, 9.17) is 9.84 Å². The first-order valence-corrected chi connectivity index (χ1v) is 6.06. The number of carbonyl (C=O) groups is 1. The minimum absolute atomic E-state index is 0.311. The second kappa shape index (κ2) is 5.14. The monoisotopic (exact) mass is 260 g/mol. The van der Waals surface area contributed by atoms with Crippen molar-refractivity contribution in [1.29, 1.82) is 0 Å². The maximum absolute atomic E-state index is 11.1. The third kappa shape index (κ3) is 2.45. The van der Waals surface area contributed by atoms with Crippen molar-refractivity contribution in [2.75, 3.05) is 6.61 Å². The predicted molar refractivity (Wildman–Crippen MR) is 71.2 cm³/mol. The Morgan fingerprint density at radius 3 is 2.63 bits per heavy atom. The number of aryl methyl sites for hydroxylation is 1. The van der Waals surface area contributed by atoms with Gasteiger partial charge in [-0.2, -0.15) is 0 Å². The lowest BCUT2D eigenvalue weighted by Gasteiger charge is -2.10. The maximum Gasteiger partial charge on any atom is 0.337 e. The molecule has 0 aliphatic heterocycles. The molecule has 0 bridgehead atoms. The van der Waals surface area contributed by atoms with Gasteiger partial charge in [-0.1, -0.05) is 0 Å². The average molecular weight is 260 g/mol. The fraction of sp³-hybridized carbons (Fsp3) is 0.286. The fourth-order valence-corrected chi connectivity index (χ4v) is 2.11. The van der Waals surface area contributed by atoms with Gasteiger partial charge in [0.25, 0.3) is 0 Å². The van der Waals surface area contributed by atoms with Crippen molar-refractivity contribution < 1.29 is 14.6 Å². The second-order valence-electron chi connectivity index (χ2n) is 4.21. The van der Waals surface area contributed by atoms with Gasteiger partial charge in [0, 0.05) is 17.5 Å². The van der Waals surface area contributed by atoms with E-state index in [0.29, 0.717) is 23.7 Å². The summed E-state index contributed by atoms with van der Waals surface area (Å²) in [5.41, 5.74) is 2.69. The topological polar surface area (TPSA) is 64.3 Å². The molecule has 0 spiro atoms. The molecular formula is C14H16N2O3. The molecule has 2 heterocycles. The smallest absolute Gasteiger partial charge is 0.337 e. The number of hydrogen-bond donors (Lipinski definition) is 1. The molecule has 0 aliphatic rings. The Morgan fingerprint density at radius 2 is 2.16 bits per heavy atom. The lowest BCUT2D eigenvalue weighted by Crippen LogP contribution is -2.03. The van der Waals surface area contributed by atoms with E-state index < -0.39 is 5.97 Å². The summed E-state index contributed by atoms with van der Waals surface area (Å²) in [5.74, 6) is -0.356. The lowest BCUT2D eigenvalue weighted by molar-refractivity contribution is 0.0696. The number of rotatable bonds is 4. The lowest BCUT2D eigenvalue weighted by atomic mass is 10.2. The number of carboxylic acids is 1. The summed E-state index contributed by atoms with van der Waals surface area (Å²) in [4.78, 5) is 15.3. The number of nitrogens with zero attached hydrogens (tertiary/aromatic N) is 2. The molecule has 0 fully saturated rings. The molecule has 1 N–H and O–H groups in total. The first kappa shape index (κ1) is 13.1. The molecule has 0 aliphatic carbocycles. The minimum Gasteiger partial charge on any atom is -0.478 e. The van der Waals surface area contributed by atoms with E-state index in [9.17, 15) is 4.79 Å². The van der Waals surface area contributed by atoms with Gasteiger partial charge in [0.1, 0.15) is 0 Å². The predicted octanol–water partition coefficient (Wildman–Crippen LogP) is 2.59. The molecule has 0 unspecified atom stereocenters. The highest BCUT2D eigenvalue weighted by Crippen LogP contribution is 2.21. The van der Waals surface area contributed by atoms with E-state index in [2.05, 4.69) is 4.98 Å². The summed E-state index contributed by atoms with van der Waals surface area (Å²) in [6.45, 7) is 6.12. The van der Waals surface area contributed by atoms with Crippen LogP contribution in [0.2, 0.25) is 0 Å². The van der Waals surface area contributed by atoms with Crippen LogP contribution >= 0.6 is 0 Å². The molecule has 2 rings (SSSR count). The number of aromatic carboxylic acids is 1. The largest absolute Gasteiger partial charge is 0.478 e. The molecule has 0 saturated carbocycles. The van der Waals surface area contributed by atoms with Crippen molar-refractivity contribution in [2.24, 2.45) is 0 Å². The van der Waals surface area contributed by atoms with E-state index in [1.165, 1.54) is 0 Å². The van der Waals surface area contributed by atoms with Crippen LogP contribution in [0, 0.1) is 13.8 Å². The Balaban J connectivity index is 2.44. The first-order chi connectivity index (χ1) is 9.04. The number of hydrogen-bond acceptors (Lipinski definition) is 3. The van der Waals surface area contributed by atoms with Crippen molar-refractivity contribution in [1.82, 2.24) is 9.55 Å². The van der Waals surface area contributed by atoms with Gasteiger partial charge < -0.3 is 14.4 Å². The standard InChI is InChI=1S/C14H16N2O3/c1-4-19-13-6-5-11(8-15-13)16-9(2)7-12(10(16)3)14(17)18/h5-8H,4H2,1-3H3,(H,17,18). The van der Waals surface area contributed by atoms with Crippen LogP contribution in [0.1, 0.15) is 28.7 Å². The highest BCUT2D eigenvalue weighted by Gasteiger charge is 2.15. The summed E-state index contributed by atoms with van der Waals surface area (Å²) < 4.78 is 7.15. The Bertz CT molecular complexity index is 600.